The smallest absolute Gasteiger partial charge is 0.123 e. The third kappa shape index (κ3) is 2.41. The van der Waals surface area contributed by atoms with E-state index in [4.69, 9.17) is 0 Å². The molecule has 1 aromatic carbocycles. The van der Waals surface area contributed by atoms with Crippen LogP contribution < -0.4 is 0 Å². The predicted molar refractivity (Wildman–Crippen MR) is 72.0 cm³/mol. The lowest BCUT2D eigenvalue weighted by molar-refractivity contribution is 0.278. The molecule has 2 nitrogen and oxygen atoms in total. The molecule has 1 aliphatic rings. The lowest BCUT2D eigenvalue weighted by Gasteiger charge is -2.19. The molecular formula is C15H19FN2. The first-order chi connectivity index (χ1) is 8.83. The highest BCUT2D eigenvalue weighted by Crippen LogP contribution is 2.22. The Hall–Kier alpha value is -1.35. The van der Waals surface area contributed by atoms with Gasteiger partial charge in [0.05, 0.1) is 0 Å². The van der Waals surface area contributed by atoms with Gasteiger partial charge < -0.3 is 4.98 Å². The van der Waals surface area contributed by atoms with Crippen LogP contribution in [0, 0.1) is 5.82 Å². The van der Waals surface area contributed by atoms with Crippen LogP contribution in [-0.2, 0) is 6.54 Å². The summed E-state index contributed by atoms with van der Waals surface area (Å²) < 4.78 is 13.3. The standard InChI is InChI=1S/C15H19FN2/c16-13-5-6-15-14(9-13)12(10-17-15)11-18-7-3-1-2-4-8-18/h5-6,9-10,17H,1-4,7-8,11H2. The molecule has 0 saturated carbocycles. The Labute approximate surface area is 107 Å². The lowest BCUT2D eigenvalue weighted by Crippen LogP contribution is -2.23. The average molecular weight is 246 g/mol. The van der Waals surface area contributed by atoms with Gasteiger partial charge in [-0.15, -0.1) is 0 Å². The second kappa shape index (κ2) is 5.11. The number of benzene rings is 1. The molecule has 2 heterocycles. The van der Waals surface area contributed by atoms with Gasteiger partial charge in [-0.2, -0.15) is 0 Å². The van der Waals surface area contributed by atoms with Crippen LogP contribution in [0.5, 0.6) is 0 Å². The van der Waals surface area contributed by atoms with Crippen molar-refractivity contribution in [2.24, 2.45) is 0 Å². The van der Waals surface area contributed by atoms with Crippen molar-refractivity contribution < 1.29 is 4.39 Å². The Balaban J connectivity index is 1.83. The molecule has 1 aliphatic heterocycles. The van der Waals surface area contributed by atoms with Gasteiger partial charge in [-0.3, -0.25) is 4.90 Å². The van der Waals surface area contributed by atoms with E-state index in [1.165, 1.54) is 50.4 Å². The van der Waals surface area contributed by atoms with Gasteiger partial charge in [0.25, 0.3) is 0 Å². The van der Waals surface area contributed by atoms with Crippen molar-refractivity contribution in [2.45, 2.75) is 32.2 Å². The molecule has 0 aliphatic carbocycles. The number of hydrogen-bond donors (Lipinski definition) is 1. The normalized spacial score (nSPS) is 18.1. The predicted octanol–water partition coefficient (Wildman–Crippen LogP) is 3.68. The largest absolute Gasteiger partial charge is 0.361 e. The van der Waals surface area contributed by atoms with E-state index < -0.39 is 0 Å². The van der Waals surface area contributed by atoms with E-state index in [0.717, 1.165) is 17.4 Å². The highest BCUT2D eigenvalue weighted by atomic mass is 19.1. The first kappa shape index (κ1) is 11.7. The molecule has 0 unspecified atom stereocenters. The van der Waals surface area contributed by atoms with Crippen molar-refractivity contribution in [2.75, 3.05) is 13.1 Å². The number of likely N-dealkylation sites (tertiary alicyclic amines) is 1. The van der Waals surface area contributed by atoms with Crippen LogP contribution in [0.3, 0.4) is 0 Å². The van der Waals surface area contributed by atoms with E-state index in [-0.39, 0.29) is 5.82 Å². The van der Waals surface area contributed by atoms with Gasteiger partial charge in [-0.05, 0) is 49.7 Å². The van der Waals surface area contributed by atoms with Gasteiger partial charge in [-0.1, -0.05) is 12.8 Å². The molecule has 3 heteroatoms. The first-order valence-electron chi connectivity index (χ1n) is 6.81. The summed E-state index contributed by atoms with van der Waals surface area (Å²) in [6.45, 7) is 3.27. The fourth-order valence-corrected chi connectivity index (χ4v) is 2.82. The molecule has 0 amide bonds. The van der Waals surface area contributed by atoms with Gasteiger partial charge in [0.1, 0.15) is 5.82 Å². The Kier molecular flexibility index (Phi) is 3.33. The number of halogens is 1. The molecule has 0 spiro atoms. The van der Waals surface area contributed by atoms with E-state index in [1.54, 1.807) is 6.07 Å². The molecule has 1 N–H and O–H groups in total. The van der Waals surface area contributed by atoms with E-state index >= 15 is 0 Å². The number of nitrogens with zero attached hydrogens (tertiary/aromatic N) is 1. The Morgan fingerprint density at radius 1 is 1.11 bits per heavy atom. The molecule has 18 heavy (non-hydrogen) atoms. The van der Waals surface area contributed by atoms with Gasteiger partial charge >= 0.3 is 0 Å². The number of hydrogen-bond acceptors (Lipinski definition) is 1. The third-order valence-electron chi connectivity index (χ3n) is 3.82. The van der Waals surface area contributed by atoms with Crippen LogP contribution in [0.1, 0.15) is 31.2 Å². The van der Waals surface area contributed by atoms with Gasteiger partial charge in [-0.25, -0.2) is 4.39 Å². The second-order valence-corrected chi connectivity index (χ2v) is 5.19. The molecule has 3 rings (SSSR count). The molecule has 1 saturated heterocycles. The summed E-state index contributed by atoms with van der Waals surface area (Å²) in [5, 5.41) is 1.03. The summed E-state index contributed by atoms with van der Waals surface area (Å²) in [6, 6.07) is 4.96. The fourth-order valence-electron chi connectivity index (χ4n) is 2.82. The summed E-state index contributed by atoms with van der Waals surface area (Å²) in [7, 11) is 0. The van der Waals surface area contributed by atoms with Crippen LogP contribution in [0.4, 0.5) is 4.39 Å². The number of aromatic nitrogens is 1. The average Bonchev–Trinajstić information content (AvgIpc) is 2.60. The highest BCUT2D eigenvalue weighted by Gasteiger charge is 2.12. The zero-order valence-electron chi connectivity index (χ0n) is 10.6. The van der Waals surface area contributed by atoms with Crippen LogP contribution in [-0.4, -0.2) is 23.0 Å². The van der Waals surface area contributed by atoms with Gasteiger partial charge in [0.2, 0.25) is 0 Å². The number of aromatic amines is 1. The SMILES string of the molecule is Fc1ccc2[nH]cc(CN3CCCCCC3)c2c1. The van der Waals surface area contributed by atoms with Crippen LogP contribution in [0.15, 0.2) is 24.4 Å². The Bertz CT molecular complexity index is 524. The minimum absolute atomic E-state index is 0.154. The minimum atomic E-state index is -0.154. The monoisotopic (exact) mass is 246 g/mol. The minimum Gasteiger partial charge on any atom is -0.361 e. The van der Waals surface area contributed by atoms with Crippen LogP contribution in [0.25, 0.3) is 10.9 Å². The van der Waals surface area contributed by atoms with E-state index in [1.807, 2.05) is 12.3 Å². The summed E-state index contributed by atoms with van der Waals surface area (Å²) in [5.74, 6) is -0.154. The van der Waals surface area contributed by atoms with Crippen LogP contribution in [0.2, 0.25) is 0 Å². The van der Waals surface area contributed by atoms with E-state index in [9.17, 15) is 4.39 Å². The Morgan fingerprint density at radius 3 is 2.67 bits per heavy atom. The molecule has 0 bridgehead atoms. The van der Waals surface area contributed by atoms with Crippen LogP contribution >= 0.6 is 0 Å². The zero-order valence-corrected chi connectivity index (χ0v) is 10.6. The maximum absolute atomic E-state index is 13.3. The highest BCUT2D eigenvalue weighted by molar-refractivity contribution is 5.83. The third-order valence-corrected chi connectivity index (χ3v) is 3.82. The van der Waals surface area contributed by atoms with E-state index in [2.05, 4.69) is 9.88 Å². The summed E-state index contributed by atoms with van der Waals surface area (Å²) in [4.78, 5) is 5.71. The molecule has 1 aromatic heterocycles. The number of H-pyrrole nitrogens is 1. The van der Waals surface area contributed by atoms with Crippen molar-refractivity contribution in [1.82, 2.24) is 9.88 Å². The molecule has 0 atom stereocenters. The van der Waals surface area contributed by atoms with Gasteiger partial charge in [0.15, 0.2) is 0 Å². The summed E-state index contributed by atoms with van der Waals surface area (Å²) in [6.07, 6.45) is 7.29. The van der Waals surface area contributed by atoms with Crippen molar-refractivity contribution in [3.63, 3.8) is 0 Å². The maximum atomic E-state index is 13.3. The van der Waals surface area contributed by atoms with Crippen molar-refractivity contribution in [1.29, 1.82) is 0 Å². The molecule has 2 aromatic rings. The summed E-state index contributed by atoms with van der Waals surface area (Å²) >= 11 is 0. The van der Waals surface area contributed by atoms with E-state index in [0.29, 0.717) is 0 Å². The zero-order chi connectivity index (χ0) is 12.4. The lowest BCUT2D eigenvalue weighted by atomic mass is 10.1. The van der Waals surface area contributed by atoms with Crippen molar-refractivity contribution >= 4 is 10.9 Å². The molecule has 96 valence electrons. The number of fused-ring (bicyclic) bond motifs is 1. The Morgan fingerprint density at radius 2 is 1.89 bits per heavy atom. The number of nitrogens with one attached hydrogen (secondary N) is 1. The topological polar surface area (TPSA) is 19.0 Å². The fraction of sp³-hybridized carbons (Fsp3) is 0.467. The van der Waals surface area contributed by atoms with Crippen molar-refractivity contribution in [3.05, 3.63) is 35.8 Å². The number of rotatable bonds is 2. The molecule has 0 radical (unpaired) electrons. The molecule has 1 fully saturated rings. The molecular weight excluding hydrogens is 227 g/mol. The van der Waals surface area contributed by atoms with Crippen molar-refractivity contribution in [3.8, 4) is 0 Å². The first-order valence-corrected chi connectivity index (χ1v) is 6.81. The second-order valence-electron chi connectivity index (χ2n) is 5.19. The van der Waals surface area contributed by atoms with Gasteiger partial charge in [0, 0.05) is 23.6 Å². The quantitative estimate of drug-likeness (QED) is 0.856. The maximum Gasteiger partial charge on any atom is 0.123 e. The summed E-state index contributed by atoms with van der Waals surface area (Å²) in [5.41, 5.74) is 2.24.